The molecule has 0 spiro atoms. The molecule has 1 aromatic heterocycles. The van der Waals surface area contributed by atoms with Gasteiger partial charge in [-0.3, -0.25) is 9.48 Å². The van der Waals surface area contributed by atoms with Gasteiger partial charge in [0.1, 0.15) is 11.4 Å². The number of amides is 1. The van der Waals surface area contributed by atoms with Gasteiger partial charge >= 0.3 is 0 Å². The van der Waals surface area contributed by atoms with Crippen LogP contribution in [0.25, 0.3) is 11.3 Å². The standard InChI is InChI=1S/C23H26N4O2.ClH/c1-29-19-9-5-8-18(12-19)22-20(23(28)25-13-21(24)17-10-11-17)15-27(26-22)14-16-6-3-2-4-7-16;/h2-9,12,15,17,21H,10-11,13-14,24H2,1H3,(H,25,28);1H. The van der Waals surface area contributed by atoms with Gasteiger partial charge in [-0.25, -0.2) is 0 Å². The summed E-state index contributed by atoms with van der Waals surface area (Å²) < 4.78 is 7.15. The Morgan fingerprint density at radius 2 is 2.00 bits per heavy atom. The van der Waals surface area contributed by atoms with E-state index in [1.807, 2.05) is 54.6 Å². The van der Waals surface area contributed by atoms with E-state index in [0.717, 1.165) is 29.7 Å². The largest absolute Gasteiger partial charge is 0.497 e. The molecule has 1 aliphatic carbocycles. The number of carbonyl (C=O) groups excluding carboxylic acids is 1. The summed E-state index contributed by atoms with van der Waals surface area (Å²) in [6.45, 7) is 1.07. The number of methoxy groups -OCH3 is 1. The highest BCUT2D eigenvalue weighted by atomic mass is 35.5. The van der Waals surface area contributed by atoms with Crippen molar-refractivity contribution in [1.29, 1.82) is 0 Å². The molecule has 3 N–H and O–H groups in total. The van der Waals surface area contributed by atoms with Gasteiger partial charge in [-0.2, -0.15) is 5.10 Å². The van der Waals surface area contributed by atoms with Crippen LogP contribution in [-0.4, -0.2) is 35.4 Å². The van der Waals surface area contributed by atoms with Crippen molar-refractivity contribution in [2.75, 3.05) is 13.7 Å². The van der Waals surface area contributed by atoms with Crippen LogP contribution in [0, 0.1) is 5.92 Å². The Morgan fingerprint density at radius 3 is 2.70 bits per heavy atom. The molecule has 1 aliphatic rings. The first kappa shape index (κ1) is 21.9. The minimum absolute atomic E-state index is 0. The number of hydrogen-bond acceptors (Lipinski definition) is 4. The first-order chi connectivity index (χ1) is 14.1. The van der Waals surface area contributed by atoms with E-state index in [2.05, 4.69) is 5.32 Å². The SMILES string of the molecule is COc1cccc(-c2nn(Cc3ccccc3)cc2C(=O)NCC(N)C2CC2)c1.Cl. The van der Waals surface area contributed by atoms with Crippen molar-refractivity contribution in [1.82, 2.24) is 15.1 Å². The van der Waals surface area contributed by atoms with Gasteiger partial charge in [-0.05, 0) is 36.5 Å². The van der Waals surface area contributed by atoms with E-state index in [-0.39, 0.29) is 24.4 Å². The number of aromatic nitrogens is 2. The molecule has 3 aromatic rings. The van der Waals surface area contributed by atoms with Crippen LogP contribution in [0.2, 0.25) is 0 Å². The van der Waals surface area contributed by atoms with E-state index in [0.29, 0.717) is 30.3 Å². The lowest BCUT2D eigenvalue weighted by molar-refractivity contribution is 0.0951. The van der Waals surface area contributed by atoms with Gasteiger partial charge < -0.3 is 15.8 Å². The van der Waals surface area contributed by atoms with Crippen molar-refractivity contribution in [2.24, 2.45) is 11.7 Å². The quantitative estimate of drug-likeness (QED) is 0.577. The fourth-order valence-electron chi connectivity index (χ4n) is 3.42. The fourth-order valence-corrected chi connectivity index (χ4v) is 3.42. The lowest BCUT2D eigenvalue weighted by Gasteiger charge is -2.11. The van der Waals surface area contributed by atoms with Crippen LogP contribution in [0.3, 0.4) is 0 Å². The average molecular weight is 427 g/mol. The van der Waals surface area contributed by atoms with E-state index < -0.39 is 0 Å². The van der Waals surface area contributed by atoms with Crippen molar-refractivity contribution >= 4 is 18.3 Å². The fraction of sp³-hybridized carbons (Fsp3) is 0.304. The zero-order chi connectivity index (χ0) is 20.2. The third-order valence-electron chi connectivity index (χ3n) is 5.26. The van der Waals surface area contributed by atoms with E-state index in [1.54, 1.807) is 18.0 Å². The van der Waals surface area contributed by atoms with Crippen LogP contribution in [-0.2, 0) is 6.54 Å². The summed E-state index contributed by atoms with van der Waals surface area (Å²) in [5.41, 5.74) is 9.28. The van der Waals surface area contributed by atoms with Gasteiger partial charge in [0.05, 0.1) is 19.2 Å². The molecule has 1 atom stereocenters. The third-order valence-corrected chi connectivity index (χ3v) is 5.26. The molecule has 158 valence electrons. The molecule has 1 heterocycles. The molecule has 0 bridgehead atoms. The maximum absolute atomic E-state index is 13.0. The van der Waals surface area contributed by atoms with Crippen LogP contribution >= 0.6 is 12.4 Å². The highest BCUT2D eigenvalue weighted by Crippen LogP contribution is 2.31. The van der Waals surface area contributed by atoms with Crippen LogP contribution in [0.1, 0.15) is 28.8 Å². The van der Waals surface area contributed by atoms with Crippen molar-refractivity contribution in [3.63, 3.8) is 0 Å². The summed E-state index contributed by atoms with van der Waals surface area (Å²) in [4.78, 5) is 13.0. The van der Waals surface area contributed by atoms with Gasteiger partial charge in [-0.1, -0.05) is 42.5 Å². The first-order valence-corrected chi connectivity index (χ1v) is 9.93. The Labute approximate surface area is 182 Å². The summed E-state index contributed by atoms with van der Waals surface area (Å²) in [6, 6.07) is 17.7. The number of benzene rings is 2. The molecule has 0 aliphatic heterocycles. The highest BCUT2D eigenvalue weighted by molar-refractivity contribution is 5.99. The second-order valence-electron chi connectivity index (χ2n) is 7.52. The summed E-state index contributed by atoms with van der Waals surface area (Å²) in [5.74, 6) is 1.11. The predicted octanol–water partition coefficient (Wildman–Crippen LogP) is 3.50. The number of hydrogen-bond donors (Lipinski definition) is 2. The third kappa shape index (κ3) is 5.20. The number of carbonyl (C=O) groups is 1. The summed E-state index contributed by atoms with van der Waals surface area (Å²) >= 11 is 0. The molecule has 0 radical (unpaired) electrons. The van der Waals surface area contributed by atoms with Gasteiger partial charge in [0.15, 0.2) is 0 Å². The summed E-state index contributed by atoms with van der Waals surface area (Å²) in [5, 5.41) is 7.70. The Balaban J connectivity index is 0.00000256. The molecule has 1 unspecified atom stereocenters. The Hall–Kier alpha value is -2.83. The number of nitrogens with zero attached hydrogens (tertiary/aromatic N) is 2. The van der Waals surface area contributed by atoms with Crippen LogP contribution in [0.15, 0.2) is 60.8 Å². The lowest BCUT2D eigenvalue weighted by atomic mass is 10.1. The number of nitrogens with one attached hydrogen (secondary N) is 1. The van der Waals surface area contributed by atoms with Gasteiger partial charge in [0, 0.05) is 24.3 Å². The lowest BCUT2D eigenvalue weighted by Crippen LogP contribution is -2.38. The topological polar surface area (TPSA) is 82.2 Å². The van der Waals surface area contributed by atoms with Crippen LogP contribution in [0.4, 0.5) is 0 Å². The van der Waals surface area contributed by atoms with Gasteiger partial charge in [0.2, 0.25) is 0 Å². The molecule has 30 heavy (non-hydrogen) atoms. The minimum Gasteiger partial charge on any atom is -0.497 e. The normalized spacial score (nSPS) is 13.9. The van der Waals surface area contributed by atoms with E-state index in [1.165, 1.54) is 0 Å². The molecule has 0 saturated heterocycles. The van der Waals surface area contributed by atoms with Crippen LogP contribution < -0.4 is 15.8 Å². The highest BCUT2D eigenvalue weighted by Gasteiger charge is 2.29. The molecule has 4 rings (SSSR count). The first-order valence-electron chi connectivity index (χ1n) is 9.93. The number of nitrogens with two attached hydrogens (primary N) is 1. The molecule has 1 saturated carbocycles. The van der Waals surface area contributed by atoms with E-state index in [9.17, 15) is 4.79 Å². The molecule has 6 nitrogen and oxygen atoms in total. The van der Waals surface area contributed by atoms with E-state index >= 15 is 0 Å². The number of ether oxygens (including phenoxy) is 1. The smallest absolute Gasteiger partial charge is 0.255 e. The Bertz CT molecular complexity index is 986. The molecule has 1 amide bonds. The van der Waals surface area contributed by atoms with E-state index in [4.69, 9.17) is 15.6 Å². The molecule has 2 aromatic carbocycles. The zero-order valence-corrected chi connectivity index (χ0v) is 17.8. The maximum Gasteiger partial charge on any atom is 0.255 e. The van der Waals surface area contributed by atoms with Gasteiger partial charge in [-0.15, -0.1) is 12.4 Å². The van der Waals surface area contributed by atoms with Crippen molar-refractivity contribution in [3.8, 4) is 17.0 Å². The number of rotatable bonds is 8. The van der Waals surface area contributed by atoms with Crippen molar-refractivity contribution < 1.29 is 9.53 Å². The number of halogens is 1. The summed E-state index contributed by atoms with van der Waals surface area (Å²) in [6.07, 6.45) is 4.11. The van der Waals surface area contributed by atoms with Gasteiger partial charge in [0.25, 0.3) is 5.91 Å². The zero-order valence-electron chi connectivity index (χ0n) is 17.0. The van der Waals surface area contributed by atoms with Crippen molar-refractivity contribution in [2.45, 2.75) is 25.4 Å². The molecular weight excluding hydrogens is 400 g/mol. The minimum atomic E-state index is -0.154. The maximum atomic E-state index is 13.0. The molecule has 7 heteroatoms. The Kier molecular flexibility index (Phi) is 7.13. The second-order valence-corrected chi connectivity index (χ2v) is 7.52. The Morgan fingerprint density at radius 1 is 1.23 bits per heavy atom. The predicted molar refractivity (Wildman–Crippen MR) is 120 cm³/mol. The average Bonchev–Trinajstić information content (AvgIpc) is 3.53. The second kappa shape index (κ2) is 9.78. The molecule has 1 fully saturated rings. The van der Waals surface area contributed by atoms with Crippen molar-refractivity contribution in [3.05, 3.63) is 71.9 Å². The van der Waals surface area contributed by atoms with Crippen LogP contribution in [0.5, 0.6) is 5.75 Å². The monoisotopic (exact) mass is 426 g/mol. The molecular formula is C23H27ClN4O2. The summed E-state index contributed by atoms with van der Waals surface area (Å²) in [7, 11) is 1.63.